The van der Waals surface area contributed by atoms with Gasteiger partial charge in [-0.05, 0) is 30.3 Å². The van der Waals surface area contributed by atoms with E-state index in [0.717, 1.165) is 22.4 Å². The largest absolute Gasteiger partial charge is 0.444 e. The van der Waals surface area contributed by atoms with E-state index in [4.69, 9.17) is 4.42 Å². The molecule has 3 rings (SSSR count). The number of aromatic nitrogens is 1. The van der Waals surface area contributed by atoms with Crippen molar-refractivity contribution in [2.75, 3.05) is 14.1 Å². The van der Waals surface area contributed by atoms with Crippen LogP contribution in [0.4, 0.5) is 0 Å². The molecule has 10 heteroatoms. The third-order valence-corrected chi connectivity index (χ3v) is 5.72. The van der Waals surface area contributed by atoms with Gasteiger partial charge in [-0.15, -0.1) is 24.0 Å². The van der Waals surface area contributed by atoms with Crippen molar-refractivity contribution in [3.8, 4) is 11.5 Å². The van der Waals surface area contributed by atoms with Crippen LogP contribution in [0, 0.1) is 0 Å². The Morgan fingerprint density at radius 1 is 1.00 bits per heavy atom. The van der Waals surface area contributed by atoms with E-state index in [0.29, 0.717) is 24.9 Å². The number of nitrogens with zero attached hydrogens (tertiary/aromatic N) is 2. The zero-order valence-electron chi connectivity index (χ0n) is 17.3. The molecule has 0 fully saturated rings. The summed E-state index contributed by atoms with van der Waals surface area (Å²) in [6, 6.07) is 17.1. The molecule has 0 saturated carbocycles. The second-order valence-electron chi connectivity index (χ2n) is 6.57. The molecule has 0 aliphatic carbocycles. The summed E-state index contributed by atoms with van der Waals surface area (Å²) in [5.41, 5.74) is 3.44. The van der Waals surface area contributed by atoms with E-state index in [2.05, 4.69) is 25.3 Å². The summed E-state index contributed by atoms with van der Waals surface area (Å²) in [6.45, 7) is 1.02. The highest BCUT2D eigenvalue weighted by molar-refractivity contribution is 14.0. The minimum absolute atomic E-state index is 0. The van der Waals surface area contributed by atoms with E-state index in [1.54, 1.807) is 13.3 Å². The number of halogens is 1. The maximum Gasteiger partial charge on any atom is 0.226 e. The molecule has 8 nitrogen and oxygen atoms in total. The molecular weight excluding hydrogens is 529 g/mol. The summed E-state index contributed by atoms with van der Waals surface area (Å²) >= 11 is 0. The third-order valence-electron chi connectivity index (χ3n) is 4.38. The number of hydrogen-bond acceptors (Lipinski definition) is 5. The summed E-state index contributed by atoms with van der Waals surface area (Å²) in [7, 11) is -0.169. The van der Waals surface area contributed by atoms with Crippen LogP contribution in [-0.2, 0) is 28.9 Å². The molecule has 166 valence electrons. The minimum atomic E-state index is -3.27. The van der Waals surface area contributed by atoms with Crippen LogP contribution >= 0.6 is 24.0 Å². The van der Waals surface area contributed by atoms with Gasteiger partial charge >= 0.3 is 0 Å². The lowest BCUT2D eigenvalue weighted by Crippen LogP contribution is -2.36. The number of rotatable bonds is 8. The number of aliphatic imine (C=N–C) groups is 1. The predicted molar refractivity (Wildman–Crippen MR) is 133 cm³/mol. The summed E-state index contributed by atoms with van der Waals surface area (Å²) in [4.78, 5) is 8.69. The molecular formula is C21H26IN5O3S. The fraction of sp³-hybridized carbons (Fsp3) is 0.238. The van der Waals surface area contributed by atoms with Crippen molar-refractivity contribution in [1.29, 1.82) is 0 Å². The van der Waals surface area contributed by atoms with Crippen molar-refractivity contribution >= 4 is 40.0 Å². The molecule has 0 aliphatic heterocycles. The smallest absolute Gasteiger partial charge is 0.226 e. The van der Waals surface area contributed by atoms with Crippen LogP contribution in [0.1, 0.15) is 16.8 Å². The predicted octanol–water partition coefficient (Wildman–Crippen LogP) is 2.87. The lowest BCUT2D eigenvalue weighted by atomic mass is 10.1. The van der Waals surface area contributed by atoms with Crippen molar-refractivity contribution < 1.29 is 12.8 Å². The van der Waals surface area contributed by atoms with E-state index in [1.807, 2.05) is 54.6 Å². The van der Waals surface area contributed by atoms with Gasteiger partial charge in [0.1, 0.15) is 6.26 Å². The number of oxazole rings is 1. The molecule has 2 aromatic carbocycles. The van der Waals surface area contributed by atoms with Gasteiger partial charge in [0.15, 0.2) is 5.96 Å². The van der Waals surface area contributed by atoms with Gasteiger partial charge in [0.25, 0.3) is 0 Å². The quantitative estimate of drug-likeness (QED) is 0.224. The third kappa shape index (κ3) is 7.64. The highest BCUT2D eigenvalue weighted by atomic mass is 127. The number of hydrogen-bond donors (Lipinski definition) is 3. The molecule has 1 aromatic heterocycles. The Morgan fingerprint density at radius 3 is 2.29 bits per heavy atom. The molecule has 0 atom stereocenters. The SMILES string of the molecule is CN=C(NCc1ccc(CS(=O)(=O)NC)cc1)NCc1coc(-c2ccccc2)n1.I. The van der Waals surface area contributed by atoms with E-state index >= 15 is 0 Å². The van der Waals surface area contributed by atoms with Crippen molar-refractivity contribution in [1.82, 2.24) is 20.3 Å². The average Bonchev–Trinajstić information content (AvgIpc) is 3.24. The second-order valence-corrected chi connectivity index (χ2v) is 8.50. The summed E-state index contributed by atoms with van der Waals surface area (Å²) in [5.74, 6) is 1.17. The lowest BCUT2D eigenvalue weighted by Gasteiger charge is -2.11. The maximum absolute atomic E-state index is 11.6. The van der Waals surface area contributed by atoms with Crippen LogP contribution in [0.5, 0.6) is 0 Å². The number of nitrogens with one attached hydrogen (secondary N) is 3. The highest BCUT2D eigenvalue weighted by Gasteiger charge is 2.09. The molecule has 0 spiro atoms. The topological polar surface area (TPSA) is 109 Å². The van der Waals surface area contributed by atoms with E-state index < -0.39 is 10.0 Å². The van der Waals surface area contributed by atoms with Gasteiger partial charge in [0, 0.05) is 19.2 Å². The molecule has 0 unspecified atom stereocenters. The van der Waals surface area contributed by atoms with E-state index in [-0.39, 0.29) is 29.7 Å². The Labute approximate surface area is 199 Å². The van der Waals surface area contributed by atoms with Crippen LogP contribution in [-0.4, -0.2) is 33.5 Å². The lowest BCUT2D eigenvalue weighted by molar-refractivity contribution is 0.572. The zero-order valence-corrected chi connectivity index (χ0v) is 20.5. The van der Waals surface area contributed by atoms with Crippen LogP contribution in [0.25, 0.3) is 11.5 Å². The molecule has 0 radical (unpaired) electrons. The molecule has 3 aromatic rings. The summed E-state index contributed by atoms with van der Waals surface area (Å²) in [5, 5.41) is 6.42. The Balaban J connectivity index is 0.00000341. The average molecular weight is 555 g/mol. The fourth-order valence-corrected chi connectivity index (χ4v) is 3.50. The van der Waals surface area contributed by atoms with Gasteiger partial charge in [0.05, 0.1) is 18.0 Å². The van der Waals surface area contributed by atoms with Crippen LogP contribution < -0.4 is 15.4 Å². The number of guanidine groups is 1. The standard InChI is InChI=1S/C21H25N5O3S.HI/c1-22-21(24-12-16-8-10-17(11-9-16)15-30(27,28)23-2)25-13-19-14-29-20(26-19)18-6-4-3-5-7-18;/h3-11,14,23H,12-13,15H2,1-2H3,(H2,22,24,25);1H. The van der Waals surface area contributed by atoms with Crippen molar-refractivity contribution in [2.45, 2.75) is 18.8 Å². The second kappa shape index (κ2) is 11.8. The first-order valence-corrected chi connectivity index (χ1v) is 11.1. The van der Waals surface area contributed by atoms with E-state index in [9.17, 15) is 8.42 Å². The molecule has 0 amide bonds. The first-order chi connectivity index (χ1) is 14.5. The van der Waals surface area contributed by atoms with Gasteiger partial charge in [0.2, 0.25) is 15.9 Å². The molecule has 0 saturated heterocycles. The number of benzene rings is 2. The molecule has 0 aliphatic rings. The van der Waals surface area contributed by atoms with Gasteiger partial charge in [-0.2, -0.15) is 0 Å². The maximum atomic E-state index is 11.6. The van der Waals surface area contributed by atoms with Gasteiger partial charge in [-0.25, -0.2) is 18.1 Å². The van der Waals surface area contributed by atoms with Gasteiger partial charge < -0.3 is 15.1 Å². The highest BCUT2D eigenvalue weighted by Crippen LogP contribution is 2.17. The Hall–Kier alpha value is -2.44. The van der Waals surface area contributed by atoms with Gasteiger partial charge in [-0.1, -0.05) is 42.5 Å². The first-order valence-electron chi connectivity index (χ1n) is 9.42. The van der Waals surface area contributed by atoms with Gasteiger partial charge in [-0.3, -0.25) is 4.99 Å². The Morgan fingerprint density at radius 2 is 1.65 bits per heavy atom. The molecule has 3 N–H and O–H groups in total. The van der Waals surface area contributed by atoms with Crippen LogP contribution in [0.2, 0.25) is 0 Å². The van der Waals surface area contributed by atoms with Crippen molar-refractivity contribution in [3.05, 3.63) is 77.7 Å². The zero-order chi connectivity index (χ0) is 21.4. The monoisotopic (exact) mass is 555 g/mol. The van der Waals surface area contributed by atoms with Crippen molar-refractivity contribution in [2.24, 2.45) is 4.99 Å². The number of sulfonamides is 1. The molecule has 31 heavy (non-hydrogen) atoms. The normalized spacial score (nSPS) is 11.6. The Bertz CT molecular complexity index is 1080. The molecule has 0 bridgehead atoms. The minimum Gasteiger partial charge on any atom is -0.444 e. The first kappa shape index (κ1) is 24.8. The molecule has 1 heterocycles. The summed E-state index contributed by atoms with van der Waals surface area (Å²) < 4.78 is 31.1. The fourth-order valence-electron chi connectivity index (χ4n) is 2.73. The van der Waals surface area contributed by atoms with Crippen molar-refractivity contribution in [3.63, 3.8) is 0 Å². The Kier molecular flexibility index (Phi) is 9.46. The van der Waals surface area contributed by atoms with Crippen LogP contribution in [0.3, 0.4) is 0 Å². The van der Waals surface area contributed by atoms with Crippen LogP contribution in [0.15, 0.2) is 70.3 Å². The summed E-state index contributed by atoms with van der Waals surface area (Å²) in [6.07, 6.45) is 1.63. The van der Waals surface area contributed by atoms with E-state index in [1.165, 1.54) is 7.05 Å².